The molecule has 1 aromatic heterocycles. The molecule has 3 unspecified atom stereocenters. The number of nitrogens with one attached hydrogen (secondary N) is 1. The van der Waals surface area contributed by atoms with Crippen LogP contribution in [0.4, 0.5) is 0 Å². The Hall–Kier alpha value is -0.870. The van der Waals surface area contributed by atoms with E-state index in [1.807, 2.05) is 10.9 Å². The quantitative estimate of drug-likeness (QED) is 0.869. The van der Waals surface area contributed by atoms with Crippen molar-refractivity contribution < 1.29 is 4.74 Å². The van der Waals surface area contributed by atoms with E-state index in [1.165, 1.54) is 18.4 Å². The Balaban J connectivity index is 1.60. The highest BCUT2D eigenvalue weighted by Crippen LogP contribution is 2.39. The third-order valence-corrected chi connectivity index (χ3v) is 4.16. The summed E-state index contributed by atoms with van der Waals surface area (Å²) in [5, 5.41) is 8.07. The molecule has 0 bridgehead atoms. The summed E-state index contributed by atoms with van der Waals surface area (Å²) in [6, 6.07) is 0.885. The average molecular weight is 249 g/mol. The molecule has 1 saturated carbocycles. The van der Waals surface area contributed by atoms with Crippen LogP contribution in [-0.4, -0.2) is 28.5 Å². The van der Waals surface area contributed by atoms with Gasteiger partial charge in [0, 0.05) is 37.0 Å². The molecule has 2 aliphatic rings. The van der Waals surface area contributed by atoms with Crippen molar-refractivity contribution in [1.29, 1.82) is 0 Å². The fourth-order valence-corrected chi connectivity index (χ4v) is 2.87. The molecule has 2 fully saturated rings. The molecule has 1 aromatic rings. The van der Waals surface area contributed by atoms with E-state index >= 15 is 0 Å². The van der Waals surface area contributed by atoms with Gasteiger partial charge in [-0.3, -0.25) is 4.68 Å². The first-order chi connectivity index (χ1) is 8.78. The minimum absolute atomic E-state index is 0.359. The normalized spacial score (nSPS) is 29.7. The Kier molecular flexibility index (Phi) is 3.39. The molecule has 3 rings (SSSR count). The van der Waals surface area contributed by atoms with Crippen molar-refractivity contribution in [1.82, 2.24) is 15.1 Å². The highest BCUT2D eigenvalue weighted by atomic mass is 16.5. The van der Waals surface area contributed by atoms with Crippen LogP contribution in [0, 0.1) is 5.92 Å². The molecule has 0 spiro atoms. The van der Waals surface area contributed by atoms with Crippen LogP contribution in [0.1, 0.15) is 44.7 Å². The number of aromatic nitrogens is 2. The molecule has 0 radical (unpaired) electrons. The predicted octanol–water partition coefficient (Wildman–Crippen LogP) is 2.12. The van der Waals surface area contributed by atoms with E-state index in [2.05, 4.69) is 30.5 Å². The summed E-state index contributed by atoms with van der Waals surface area (Å²) >= 11 is 0. The smallest absolute Gasteiger partial charge is 0.0757 e. The SMILES string of the molecule is CCn1cc(C(C)NC2CCOC2C2CC2)cn1. The zero-order valence-corrected chi connectivity index (χ0v) is 11.3. The van der Waals surface area contributed by atoms with Crippen molar-refractivity contribution in [2.75, 3.05) is 6.61 Å². The Morgan fingerprint density at radius 1 is 1.50 bits per heavy atom. The van der Waals surface area contributed by atoms with Gasteiger partial charge in [0.2, 0.25) is 0 Å². The standard InChI is InChI=1S/C14H23N3O/c1-3-17-9-12(8-15-17)10(2)16-13-6-7-18-14(13)11-4-5-11/h8-11,13-14,16H,3-7H2,1-2H3. The zero-order chi connectivity index (χ0) is 12.5. The van der Waals surface area contributed by atoms with Gasteiger partial charge < -0.3 is 10.1 Å². The molecular formula is C14H23N3O. The maximum atomic E-state index is 5.87. The molecular weight excluding hydrogens is 226 g/mol. The molecule has 100 valence electrons. The zero-order valence-electron chi connectivity index (χ0n) is 11.3. The number of hydrogen-bond acceptors (Lipinski definition) is 3. The van der Waals surface area contributed by atoms with E-state index in [4.69, 9.17) is 4.74 Å². The molecule has 0 amide bonds. The van der Waals surface area contributed by atoms with E-state index in [1.54, 1.807) is 0 Å². The fraction of sp³-hybridized carbons (Fsp3) is 0.786. The first-order valence-corrected chi connectivity index (χ1v) is 7.18. The largest absolute Gasteiger partial charge is 0.376 e. The fourth-order valence-electron chi connectivity index (χ4n) is 2.87. The lowest BCUT2D eigenvalue weighted by atomic mass is 10.0. The number of ether oxygens (including phenoxy) is 1. The minimum Gasteiger partial charge on any atom is -0.376 e. The monoisotopic (exact) mass is 249 g/mol. The van der Waals surface area contributed by atoms with Crippen LogP contribution in [0.15, 0.2) is 12.4 Å². The third kappa shape index (κ3) is 2.45. The van der Waals surface area contributed by atoms with Crippen molar-refractivity contribution in [2.24, 2.45) is 5.92 Å². The lowest BCUT2D eigenvalue weighted by Crippen LogP contribution is -2.39. The summed E-state index contributed by atoms with van der Waals surface area (Å²) < 4.78 is 7.85. The molecule has 4 nitrogen and oxygen atoms in total. The van der Waals surface area contributed by atoms with E-state index < -0.39 is 0 Å². The maximum absolute atomic E-state index is 5.87. The molecule has 1 aliphatic heterocycles. The van der Waals surface area contributed by atoms with Crippen molar-refractivity contribution in [3.8, 4) is 0 Å². The summed E-state index contributed by atoms with van der Waals surface area (Å²) in [7, 11) is 0. The Labute approximate surface area is 109 Å². The number of aryl methyl sites for hydroxylation is 1. The Morgan fingerprint density at radius 3 is 3.00 bits per heavy atom. The minimum atomic E-state index is 0.359. The highest BCUT2D eigenvalue weighted by Gasteiger charge is 2.40. The van der Waals surface area contributed by atoms with Crippen molar-refractivity contribution >= 4 is 0 Å². The second-order valence-electron chi connectivity index (χ2n) is 5.59. The molecule has 1 N–H and O–H groups in total. The van der Waals surface area contributed by atoms with Crippen LogP contribution in [0.5, 0.6) is 0 Å². The van der Waals surface area contributed by atoms with E-state index in [0.717, 1.165) is 25.5 Å². The van der Waals surface area contributed by atoms with Gasteiger partial charge >= 0.3 is 0 Å². The van der Waals surface area contributed by atoms with Gasteiger partial charge in [-0.05, 0) is 39.0 Å². The summed E-state index contributed by atoms with van der Waals surface area (Å²) in [5.74, 6) is 0.815. The molecule has 3 atom stereocenters. The lowest BCUT2D eigenvalue weighted by Gasteiger charge is -2.23. The van der Waals surface area contributed by atoms with Crippen LogP contribution in [-0.2, 0) is 11.3 Å². The van der Waals surface area contributed by atoms with Gasteiger partial charge in [-0.15, -0.1) is 0 Å². The highest BCUT2D eigenvalue weighted by molar-refractivity contribution is 5.10. The van der Waals surface area contributed by atoms with Gasteiger partial charge in [-0.1, -0.05) is 0 Å². The van der Waals surface area contributed by atoms with Gasteiger partial charge in [-0.25, -0.2) is 0 Å². The lowest BCUT2D eigenvalue weighted by molar-refractivity contribution is 0.0793. The van der Waals surface area contributed by atoms with Gasteiger partial charge in [0.05, 0.1) is 12.3 Å². The topological polar surface area (TPSA) is 39.1 Å². The first-order valence-electron chi connectivity index (χ1n) is 7.18. The number of nitrogens with zero attached hydrogens (tertiary/aromatic N) is 2. The molecule has 1 aliphatic carbocycles. The second-order valence-corrected chi connectivity index (χ2v) is 5.59. The summed E-state index contributed by atoms with van der Waals surface area (Å²) in [5.41, 5.74) is 1.28. The van der Waals surface area contributed by atoms with Gasteiger partial charge in [0.25, 0.3) is 0 Å². The van der Waals surface area contributed by atoms with Crippen LogP contribution in [0.2, 0.25) is 0 Å². The molecule has 1 saturated heterocycles. The van der Waals surface area contributed by atoms with Crippen LogP contribution >= 0.6 is 0 Å². The van der Waals surface area contributed by atoms with Crippen LogP contribution in [0.25, 0.3) is 0 Å². The molecule has 4 heteroatoms. The average Bonchev–Trinajstić information content (AvgIpc) is 2.93. The third-order valence-electron chi connectivity index (χ3n) is 4.16. The number of rotatable bonds is 5. The van der Waals surface area contributed by atoms with E-state index in [9.17, 15) is 0 Å². The second kappa shape index (κ2) is 5.02. The Morgan fingerprint density at radius 2 is 2.33 bits per heavy atom. The van der Waals surface area contributed by atoms with E-state index in [0.29, 0.717) is 18.2 Å². The summed E-state index contributed by atoms with van der Waals surface area (Å²) in [4.78, 5) is 0. The van der Waals surface area contributed by atoms with Gasteiger partial charge in [0.1, 0.15) is 0 Å². The van der Waals surface area contributed by atoms with Gasteiger partial charge in [-0.2, -0.15) is 5.10 Å². The summed E-state index contributed by atoms with van der Waals surface area (Å²) in [6.07, 6.45) is 8.42. The molecule has 2 heterocycles. The van der Waals surface area contributed by atoms with Crippen LogP contribution in [0.3, 0.4) is 0 Å². The van der Waals surface area contributed by atoms with Crippen molar-refractivity contribution in [2.45, 2.75) is 57.8 Å². The van der Waals surface area contributed by atoms with E-state index in [-0.39, 0.29) is 0 Å². The summed E-state index contributed by atoms with van der Waals surface area (Å²) in [6.45, 7) is 6.19. The van der Waals surface area contributed by atoms with Crippen molar-refractivity contribution in [3.63, 3.8) is 0 Å². The maximum Gasteiger partial charge on any atom is 0.0757 e. The Bertz CT molecular complexity index is 399. The van der Waals surface area contributed by atoms with Crippen molar-refractivity contribution in [3.05, 3.63) is 18.0 Å². The number of hydrogen-bond donors (Lipinski definition) is 1. The predicted molar refractivity (Wildman–Crippen MR) is 70.3 cm³/mol. The van der Waals surface area contributed by atoms with Gasteiger partial charge in [0.15, 0.2) is 0 Å². The first kappa shape index (κ1) is 12.2. The van der Waals surface area contributed by atoms with Crippen LogP contribution < -0.4 is 5.32 Å². The molecule has 0 aromatic carbocycles. The molecule has 18 heavy (non-hydrogen) atoms.